The van der Waals surface area contributed by atoms with Crippen LogP contribution >= 0.6 is 0 Å². The van der Waals surface area contributed by atoms with E-state index >= 15 is 0 Å². The van der Waals surface area contributed by atoms with E-state index < -0.39 is 30.7 Å². The van der Waals surface area contributed by atoms with E-state index in [9.17, 15) is 26.7 Å². The number of nitrogens with zero attached hydrogens (tertiary/aromatic N) is 4. The molecule has 0 aromatic carbocycles. The maximum Gasteiger partial charge on any atom is 0.471 e. The fourth-order valence-electron chi connectivity index (χ4n) is 4.28. The number of amidine groups is 1. The lowest BCUT2D eigenvalue weighted by molar-refractivity contribution is -0.190. The molecule has 3 atom stereocenters. The number of amides is 1. The fraction of sp³-hybridized carbons (Fsp3) is 0.588. The topological polar surface area (TPSA) is 78.8 Å². The molecule has 3 aliphatic heterocycles. The smallest absolute Gasteiger partial charge is 0.358 e. The maximum atomic E-state index is 12.8. The summed E-state index contributed by atoms with van der Waals surface area (Å²) < 4.78 is 64.0. The Morgan fingerprint density at radius 3 is 2.41 bits per heavy atom. The van der Waals surface area contributed by atoms with Crippen molar-refractivity contribution in [3.63, 3.8) is 0 Å². The van der Waals surface area contributed by atoms with Gasteiger partial charge in [-0.05, 0) is 24.5 Å². The highest BCUT2D eigenvalue weighted by Crippen LogP contribution is 2.34. The van der Waals surface area contributed by atoms with Crippen LogP contribution in [0, 0.1) is 5.41 Å². The largest absolute Gasteiger partial charge is 0.471 e. The second-order valence-corrected chi connectivity index (χ2v) is 7.47. The van der Waals surface area contributed by atoms with E-state index in [1.54, 1.807) is 17.2 Å². The molecule has 3 unspecified atom stereocenters. The van der Waals surface area contributed by atoms with Crippen LogP contribution in [0.1, 0.15) is 30.0 Å². The van der Waals surface area contributed by atoms with Gasteiger partial charge in [-0.15, -0.1) is 0 Å². The summed E-state index contributed by atoms with van der Waals surface area (Å²) in [5.74, 6) is -2.05. The van der Waals surface area contributed by atoms with Gasteiger partial charge >= 0.3 is 18.6 Å². The van der Waals surface area contributed by atoms with Crippen LogP contribution < -0.4 is 0 Å². The van der Waals surface area contributed by atoms with Crippen LogP contribution in [0.3, 0.4) is 0 Å². The molecular formula is C17H19F5N6O. The third-order valence-corrected chi connectivity index (χ3v) is 5.67. The number of H-pyrrole nitrogens is 1. The molecule has 1 amide bonds. The quantitative estimate of drug-likeness (QED) is 0.342. The normalized spacial score (nSPS) is 26.7. The molecule has 29 heavy (non-hydrogen) atoms. The number of rotatable bonds is 3. The molecule has 4 heterocycles. The molecule has 158 valence electrons. The third-order valence-electron chi connectivity index (χ3n) is 5.67. The second kappa shape index (κ2) is 6.99. The van der Waals surface area contributed by atoms with Crippen molar-refractivity contribution in [1.29, 1.82) is 5.41 Å². The Labute approximate surface area is 162 Å². The Balaban J connectivity index is 1.43. The van der Waals surface area contributed by atoms with E-state index in [2.05, 4.69) is 10.1 Å². The summed E-state index contributed by atoms with van der Waals surface area (Å²) in [4.78, 5) is 17.2. The number of carbonyl (C=O) groups is 1. The fourth-order valence-corrected chi connectivity index (χ4v) is 4.28. The van der Waals surface area contributed by atoms with Gasteiger partial charge in [-0.25, -0.2) is 5.01 Å². The summed E-state index contributed by atoms with van der Waals surface area (Å²) in [5.41, 5.74) is 1.14. The zero-order valence-electron chi connectivity index (χ0n) is 15.2. The van der Waals surface area contributed by atoms with Crippen LogP contribution in [0.2, 0.25) is 0 Å². The zero-order chi connectivity index (χ0) is 20.9. The van der Waals surface area contributed by atoms with Crippen molar-refractivity contribution < 1.29 is 26.7 Å². The number of carbonyl (C=O) groups excluding carboxylic acids is 1. The molecule has 2 N–H and O–H groups in total. The van der Waals surface area contributed by atoms with Crippen molar-refractivity contribution in [3.8, 4) is 0 Å². The number of likely N-dealkylation sites (tertiary alicyclic amines) is 1. The minimum atomic E-state index is -4.90. The molecule has 12 heteroatoms. The van der Waals surface area contributed by atoms with E-state index in [0.29, 0.717) is 29.1 Å². The van der Waals surface area contributed by atoms with Gasteiger partial charge in [-0.3, -0.25) is 10.2 Å². The molecule has 0 saturated carbocycles. The van der Waals surface area contributed by atoms with Gasteiger partial charge < -0.3 is 14.8 Å². The van der Waals surface area contributed by atoms with Gasteiger partial charge in [0.05, 0.1) is 24.3 Å². The van der Waals surface area contributed by atoms with Gasteiger partial charge in [0.15, 0.2) is 0 Å². The molecule has 3 aliphatic rings. The second-order valence-electron chi connectivity index (χ2n) is 7.47. The van der Waals surface area contributed by atoms with Gasteiger partial charge in [0.25, 0.3) is 0 Å². The molecular weight excluding hydrogens is 399 g/mol. The monoisotopic (exact) mass is 418 g/mol. The van der Waals surface area contributed by atoms with E-state index in [4.69, 9.17) is 5.41 Å². The van der Waals surface area contributed by atoms with Crippen LogP contribution in [0.25, 0.3) is 0 Å². The number of hydrogen-bond donors (Lipinski definition) is 2. The standard InChI is InChI=1S/C17H19F5N6O/c18-16(19)27-6-10(5-25-27)9-3-13(24-4-9)14(23)26-7-11-1-2-12(8-26)28(11)15(29)17(20,21)22/h3-5,10-12,16,23-24H,1-2,6-8H2. The number of fused-ring (bicyclic) bond motifs is 2. The van der Waals surface area contributed by atoms with Gasteiger partial charge in [-0.2, -0.15) is 27.1 Å². The number of nitrogens with one attached hydrogen (secondary N) is 2. The lowest BCUT2D eigenvalue weighted by Gasteiger charge is -2.42. The molecule has 2 saturated heterocycles. The number of aromatic nitrogens is 1. The zero-order valence-corrected chi connectivity index (χ0v) is 15.2. The summed E-state index contributed by atoms with van der Waals surface area (Å²) in [7, 11) is 0. The lowest BCUT2D eigenvalue weighted by atomic mass is 10.0. The van der Waals surface area contributed by atoms with Crippen LogP contribution in [-0.4, -0.2) is 82.2 Å². The van der Waals surface area contributed by atoms with Gasteiger partial charge in [-0.1, -0.05) is 0 Å². The van der Waals surface area contributed by atoms with E-state index in [1.807, 2.05) is 0 Å². The first-order chi connectivity index (χ1) is 13.6. The Hall–Kier alpha value is -2.66. The van der Waals surface area contributed by atoms with Crippen molar-refractivity contribution in [1.82, 2.24) is 19.8 Å². The van der Waals surface area contributed by atoms with Crippen molar-refractivity contribution in [2.24, 2.45) is 5.10 Å². The van der Waals surface area contributed by atoms with Crippen molar-refractivity contribution in [2.75, 3.05) is 19.6 Å². The number of halogens is 5. The molecule has 4 rings (SSSR count). The molecule has 0 aliphatic carbocycles. The Morgan fingerprint density at radius 1 is 1.21 bits per heavy atom. The molecule has 2 bridgehead atoms. The summed E-state index contributed by atoms with van der Waals surface area (Å²) in [6.45, 7) is -2.35. The first-order valence-electron chi connectivity index (χ1n) is 9.15. The molecule has 2 fully saturated rings. The van der Waals surface area contributed by atoms with E-state index in [0.717, 1.165) is 4.90 Å². The highest BCUT2D eigenvalue weighted by atomic mass is 19.4. The minimum absolute atomic E-state index is 0.0324. The summed E-state index contributed by atoms with van der Waals surface area (Å²) >= 11 is 0. The first kappa shape index (κ1) is 19.6. The average molecular weight is 418 g/mol. The number of piperazine rings is 1. The van der Waals surface area contributed by atoms with Gasteiger partial charge in [0.2, 0.25) is 0 Å². The van der Waals surface area contributed by atoms with Crippen LogP contribution in [-0.2, 0) is 4.79 Å². The minimum Gasteiger partial charge on any atom is -0.358 e. The maximum absolute atomic E-state index is 12.8. The van der Waals surface area contributed by atoms with Crippen LogP contribution in [0.5, 0.6) is 0 Å². The summed E-state index contributed by atoms with van der Waals surface area (Å²) in [6.07, 6.45) is -0.930. The predicted octanol–water partition coefficient (Wildman–Crippen LogP) is 2.19. The highest BCUT2D eigenvalue weighted by molar-refractivity contribution is 5.95. The van der Waals surface area contributed by atoms with Crippen LogP contribution in [0.15, 0.2) is 17.4 Å². The molecule has 0 spiro atoms. The summed E-state index contributed by atoms with van der Waals surface area (Å²) in [6, 6.07) is 0.502. The highest BCUT2D eigenvalue weighted by Gasteiger charge is 2.52. The first-order valence-corrected chi connectivity index (χ1v) is 9.15. The Morgan fingerprint density at radius 2 is 1.86 bits per heavy atom. The Kier molecular flexibility index (Phi) is 4.74. The third kappa shape index (κ3) is 3.55. The Bertz CT molecular complexity index is 823. The van der Waals surface area contributed by atoms with E-state index in [-0.39, 0.29) is 31.4 Å². The van der Waals surface area contributed by atoms with Crippen molar-refractivity contribution in [2.45, 2.75) is 43.6 Å². The van der Waals surface area contributed by atoms with Crippen molar-refractivity contribution in [3.05, 3.63) is 23.5 Å². The van der Waals surface area contributed by atoms with Gasteiger partial charge in [0, 0.05) is 31.4 Å². The van der Waals surface area contributed by atoms with Crippen LogP contribution in [0.4, 0.5) is 22.0 Å². The lowest BCUT2D eigenvalue weighted by Crippen LogP contribution is -2.59. The van der Waals surface area contributed by atoms with Gasteiger partial charge in [0.1, 0.15) is 5.84 Å². The number of hydrogen-bond acceptors (Lipinski definition) is 4. The van der Waals surface area contributed by atoms with Crippen molar-refractivity contribution >= 4 is 18.0 Å². The average Bonchev–Trinajstić information content (AvgIpc) is 3.37. The number of alkyl halides is 5. The molecule has 1 aromatic rings. The number of aromatic amines is 1. The predicted molar refractivity (Wildman–Crippen MR) is 92.8 cm³/mol. The molecule has 7 nitrogen and oxygen atoms in total. The SMILES string of the molecule is N=C(c1cc(C2C=NN(C(F)F)C2)c[nH]1)N1CC2CCC(C1)N2C(=O)C(F)(F)F. The molecule has 0 radical (unpaired) electrons. The summed E-state index contributed by atoms with van der Waals surface area (Å²) in [5, 5.41) is 12.8. The van der Waals surface area contributed by atoms with E-state index in [1.165, 1.54) is 6.21 Å². The molecule has 1 aromatic heterocycles. The number of hydrazone groups is 1.